The van der Waals surface area contributed by atoms with E-state index in [1.165, 1.54) is 12.1 Å². The third-order valence-corrected chi connectivity index (χ3v) is 5.71. The van der Waals surface area contributed by atoms with Gasteiger partial charge in [0.1, 0.15) is 18.2 Å². The van der Waals surface area contributed by atoms with Crippen LogP contribution >= 0.6 is 0 Å². The Hall–Kier alpha value is -3.18. The average Bonchev–Trinajstić information content (AvgIpc) is 2.83. The lowest BCUT2D eigenvalue weighted by molar-refractivity contribution is -0.141. The van der Waals surface area contributed by atoms with Crippen LogP contribution in [0.3, 0.4) is 0 Å². The van der Waals surface area contributed by atoms with Crippen molar-refractivity contribution in [1.29, 1.82) is 0 Å². The quantitative estimate of drug-likeness (QED) is 0.248. The zero-order chi connectivity index (χ0) is 23.5. The van der Waals surface area contributed by atoms with Gasteiger partial charge in [-0.05, 0) is 66.9 Å². The first-order valence-electron chi connectivity index (χ1n) is 11.5. The van der Waals surface area contributed by atoms with Crippen LogP contribution in [0.1, 0.15) is 31.7 Å². The number of aliphatic carboxylic acids is 1. The molecule has 4 nitrogen and oxygen atoms in total. The summed E-state index contributed by atoms with van der Waals surface area (Å²) >= 11 is 0. The number of carboxylic acid groups (broad SMARTS) is 1. The van der Waals surface area contributed by atoms with Crippen LogP contribution in [-0.4, -0.2) is 30.8 Å². The number of carboxylic acids is 1. The van der Waals surface area contributed by atoms with Crippen molar-refractivity contribution < 1.29 is 19.0 Å². The average molecular weight is 450 g/mol. The highest BCUT2D eigenvalue weighted by Gasteiger charge is 2.09. The number of carbonyl (C=O) groups is 1. The monoisotopic (exact) mass is 449 g/mol. The van der Waals surface area contributed by atoms with Crippen molar-refractivity contribution in [2.75, 3.05) is 19.7 Å². The molecule has 0 aliphatic carbocycles. The second kappa shape index (κ2) is 12.8. The van der Waals surface area contributed by atoms with Crippen LogP contribution < -0.4 is 10.1 Å². The third-order valence-electron chi connectivity index (χ3n) is 5.71. The minimum atomic E-state index is -0.749. The minimum absolute atomic E-state index is 0.222. The number of unbranched alkanes of at least 4 members (excludes halogenated alkanes) is 1. The summed E-state index contributed by atoms with van der Waals surface area (Å²) in [5, 5.41) is 14.7. The normalized spacial score (nSPS) is 12.6. The van der Waals surface area contributed by atoms with E-state index < -0.39 is 5.97 Å². The van der Waals surface area contributed by atoms with Gasteiger partial charge < -0.3 is 15.2 Å². The largest absolute Gasteiger partial charge is 0.489 e. The fourth-order valence-electron chi connectivity index (χ4n) is 3.66. The number of allylic oxidation sites excluding steroid dienone is 1. The number of halogens is 1. The molecule has 3 rings (SSSR count). The summed E-state index contributed by atoms with van der Waals surface area (Å²) in [6.45, 7) is 3.66. The SMILES string of the molecule is CC(CCCC=C(CNCCc1ccc(F)cc1)COc1cccc2ccccc12)C(=O)O. The Morgan fingerprint density at radius 2 is 1.85 bits per heavy atom. The fraction of sp³-hybridized carbons (Fsp3) is 0.321. The van der Waals surface area contributed by atoms with E-state index in [1.54, 1.807) is 19.1 Å². The Labute approximate surface area is 195 Å². The zero-order valence-corrected chi connectivity index (χ0v) is 19.1. The van der Waals surface area contributed by atoms with Gasteiger partial charge in [-0.3, -0.25) is 4.79 Å². The first-order valence-corrected chi connectivity index (χ1v) is 11.5. The molecule has 2 N–H and O–H groups in total. The van der Waals surface area contributed by atoms with Gasteiger partial charge in [-0.15, -0.1) is 0 Å². The van der Waals surface area contributed by atoms with E-state index in [4.69, 9.17) is 9.84 Å². The van der Waals surface area contributed by atoms with E-state index in [0.29, 0.717) is 19.6 Å². The van der Waals surface area contributed by atoms with Crippen LogP contribution in [0.5, 0.6) is 5.75 Å². The second-order valence-electron chi connectivity index (χ2n) is 8.35. The molecule has 0 heterocycles. The summed E-state index contributed by atoms with van der Waals surface area (Å²) in [6.07, 6.45) is 5.26. The van der Waals surface area contributed by atoms with Gasteiger partial charge in [-0.1, -0.05) is 61.5 Å². The van der Waals surface area contributed by atoms with Crippen LogP contribution in [0.4, 0.5) is 4.39 Å². The lowest BCUT2D eigenvalue weighted by atomic mass is 10.0. The van der Waals surface area contributed by atoms with Crippen molar-refractivity contribution in [3.8, 4) is 5.75 Å². The minimum Gasteiger partial charge on any atom is -0.489 e. The maximum Gasteiger partial charge on any atom is 0.306 e. The van der Waals surface area contributed by atoms with Crippen LogP contribution in [0.15, 0.2) is 78.4 Å². The van der Waals surface area contributed by atoms with Gasteiger partial charge >= 0.3 is 5.97 Å². The van der Waals surface area contributed by atoms with E-state index in [2.05, 4.69) is 29.6 Å². The molecular formula is C28H32FNO3. The summed E-state index contributed by atoms with van der Waals surface area (Å²) in [4.78, 5) is 11.0. The van der Waals surface area contributed by atoms with Crippen molar-refractivity contribution in [3.05, 3.63) is 89.8 Å². The molecule has 0 amide bonds. The molecular weight excluding hydrogens is 417 g/mol. The van der Waals surface area contributed by atoms with Gasteiger partial charge in [-0.2, -0.15) is 0 Å². The number of ether oxygens (including phenoxy) is 1. The predicted molar refractivity (Wildman–Crippen MR) is 131 cm³/mol. The standard InChI is InChI=1S/C28H32FNO3/c1-21(28(31)32)7-2-3-8-23(19-30-18-17-22-13-15-25(29)16-14-22)20-33-27-12-6-10-24-9-4-5-11-26(24)27/h4-6,8-16,21,30H,2-3,7,17-20H2,1H3,(H,31,32). The van der Waals surface area contributed by atoms with Crippen LogP contribution in [0.25, 0.3) is 10.8 Å². The lowest BCUT2D eigenvalue weighted by Gasteiger charge is -2.14. The van der Waals surface area contributed by atoms with E-state index in [9.17, 15) is 9.18 Å². The maximum atomic E-state index is 13.1. The molecule has 0 bridgehead atoms. The van der Waals surface area contributed by atoms with Crippen LogP contribution in [0.2, 0.25) is 0 Å². The highest BCUT2D eigenvalue weighted by Crippen LogP contribution is 2.25. The number of nitrogens with one attached hydrogen (secondary N) is 1. The molecule has 5 heteroatoms. The molecule has 1 atom stereocenters. The molecule has 0 aromatic heterocycles. The van der Waals surface area contributed by atoms with Crippen molar-refractivity contribution in [1.82, 2.24) is 5.32 Å². The van der Waals surface area contributed by atoms with Gasteiger partial charge in [0.25, 0.3) is 0 Å². The number of hydrogen-bond donors (Lipinski definition) is 2. The van der Waals surface area contributed by atoms with Crippen molar-refractivity contribution in [2.45, 2.75) is 32.6 Å². The Morgan fingerprint density at radius 1 is 1.09 bits per heavy atom. The third kappa shape index (κ3) is 8.03. The molecule has 33 heavy (non-hydrogen) atoms. The molecule has 0 radical (unpaired) electrons. The van der Waals surface area contributed by atoms with Gasteiger partial charge in [0.2, 0.25) is 0 Å². The molecule has 0 aliphatic heterocycles. The Bertz CT molecular complexity index is 1060. The summed E-state index contributed by atoms with van der Waals surface area (Å²) in [7, 11) is 0. The topological polar surface area (TPSA) is 58.6 Å². The van der Waals surface area contributed by atoms with Crippen molar-refractivity contribution in [3.63, 3.8) is 0 Å². The van der Waals surface area contributed by atoms with Crippen molar-refractivity contribution >= 4 is 16.7 Å². The first-order chi connectivity index (χ1) is 16.0. The van der Waals surface area contributed by atoms with Crippen LogP contribution in [-0.2, 0) is 11.2 Å². The Balaban J connectivity index is 1.57. The smallest absolute Gasteiger partial charge is 0.306 e. The van der Waals surface area contributed by atoms with Gasteiger partial charge in [0.05, 0.1) is 5.92 Å². The van der Waals surface area contributed by atoms with Crippen LogP contribution in [0, 0.1) is 11.7 Å². The molecule has 0 saturated heterocycles. The fourth-order valence-corrected chi connectivity index (χ4v) is 3.66. The highest BCUT2D eigenvalue weighted by atomic mass is 19.1. The number of fused-ring (bicyclic) bond motifs is 1. The molecule has 3 aromatic rings. The maximum absolute atomic E-state index is 13.1. The van der Waals surface area contributed by atoms with Gasteiger partial charge in [0.15, 0.2) is 0 Å². The predicted octanol–water partition coefficient (Wildman–Crippen LogP) is 6.01. The molecule has 3 aromatic carbocycles. The Kier molecular flexibility index (Phi) is 9.45. The first kappa shape index (κ1) is 24.5. The summed E-state index contributed by atoms with van der Waals surface area (Å²) in [6, 6.07) is 20.8. The molecule has 0 saturated carbocycles. The van der Waals surface area contributed by atoms with Gasteiger partial charge in [-0.25, -0.2) is 4.39 Å². The van der Waals surface area contributed by atoms with E-state index in [0.717, 1.165) is 53.5 Å². The molecule has 1 unspecified atom stereocenters. The van der Waals surface area contributed by atoms with Gasteiger partial charge in [0, 0.05) is 11.9 Å². The molecule has 0 aliphatic rings. The lowest BCUT2D eigenvalue weighted by Crippen LogP contribution is -2.22. The van der Waals surface area contributed by atoms with E-state index in [-0.39, 0.29) is 11.7 Å². The number of rotatable bonds is 13. The second-order valence-corrected chi connectivity index (χ2v) is 8.35. The highest BCUT2D eigenvalue weighted by molar-refractivity contribution is 5.88. The summed E-state index contributed by atoms with van der Waals surface area (Å²) in [5.74, 6) is -0.451. The number of benzene rings is 3. The summed E-state index contributed by atoms with van der Waals surface area (Å²) < 4.78 is 19.3. The zero-order valence-electron chi connectivity index (χ0n) is 19.1. The van der Waals surface area contributed by atoms with E-state index in [1.807, 2.05) is 24.3 Å². The molecule has 0 fully saturated rings. The molecule has 174 valence electrons. The number of hydrogen-bond acceptors (Lipinski definition) is 3. The van der Waals surface area contributed by atoms with E-state index >= 15 is 0 Å². The Morgan fingerprint density at radius 3 is 2.64 bits per heavy atom. The summed E-state index contributed by atoms with van der Waals surface area (Å²) in [5.41, 5.74) is 2.22. The van der Waals surface area contributed by atoms with Crippen molar-refractivity contribution in [2.24, 2.45) is 5.92 Å². The molecule has 0 spiro atoms.